The molecular weight excluding hydrogens is 381 g/mol. The predicted molar refractivity (Wildman–Crippen MR) is 104 cm³/mol. The van der Waals surface area contributed by atoms with Crippen LogP contribution in [0.2, 0.25) is 0 Å². The Kier molecular flexibility index (Phi) is 5.35. The molecule has 0 radical (unpaired) electrons. The number of ether oxygens (including phenoxy) is 1. The van der Waals surface area contributed by atoms with Crippen LogP contribution in [0.5, 0.6) is 0 Å². The minimum atomic E-state index is -3.52. The van der Waals surface area contributed by atoms with Gasteiger partial charge in [0.2, 0.25) is 10.0 Å². The molecule has 2 unspecified atom stereocenters. The van der Waals surface area contributed by atoms with Gasteiger partial charge >= 0.3 is 0 Å². The van der Waals surface area contributed by atoms with Crippen molar-refractivity contribution in [1.29, 1.82) is 0 Å². The lowest BCUT2D eigenvalue weighted by molar-refractivity contribution is -0.0176. The fourth-order valence-electron chi connectivity index (χ4n) is 3.35. The number of nitrogens with one attached hydrogen (secondary N) is 1. The normalized spacial score (nSPS) is 23.0. The van der Waals surface area contributed by atoms with E-state index in [0.29, 0.717) is 31.4 Å². The van der Waals surface area contributed by atoms with E-state index in [0.717, 1.165) is 18.4 Å². The molecule has 2 atom stereocenters. The molecule has 4 rings (SSSR count). The first-order chi connectivity index (χ1) is 13.4. The van der Waals surface area contributed by atoms with Crippen molar-refractivity contribution in [3.8, 4) is 0 Å². The molecule has 2 fully saturated rings. The van der Waals surface area contributed by atoms with Gasteiger partial charge in [0.15, 0.2) is 0 Å². The maximum atomic E-state index is 13.2. The Hall–Kier alpha value is -2.03. The number of aromatic nitrogens is 1. The summed E-state index contributed by atoms with van der Waals surface area (Å²) in [4.78, 5) is 6.62. The van der Waals surface area contributed by atoms with Crippen molar-refractivity contribution in [1.82, 2.24) is 9.71 Å². The molecule has 1 aliphatic carbocycles. The molecule has 6 nitrogen and oxygen atoms in total. The van der Waals surface area contributed by atoms with Gasteiger partial charge < -0.3 is 9.64 Å². The van der Waals surface area contributed by atoms with Gasteiger partial charge in [-0.2, -0.15) is 0 Å². The zero-order valence-electron chi connectivity index (χ0n) is 15.7. The highest BCUT2D eigenvalue weighted by molar-refractivity contribution is 7.89. The molecule has 0 amide bonds. The summed E-state index contributed by atoms with van der Waals surface area (Å²) in [5, 5.41) is 0. The predicted octanol–water partition coefficient (Wildman–Crippen LogP) is 2.88. The Labute approximate surface area is 164 Å². The molecule has 150 valence electrons. The fraction of sp³-hybridized carbons (Fsp3) is 0.450. The van der Waals surface area contributed by atoms with Crippen molar-refractivity contribution in [2.24, 2.45) is 5.92 Å². The van der Waals surface area contributed by atoms with E-state index in [9.17, 15) is 12.8 Å². The number of benzene rings is 1. The second kappa shape index (κ2) is 7.77. The molecule has 2 aliphatic rings. The van der Waals surface area contributed by atoms with Crippen molar-refractivity contribution >= 4 is 15.8 Å². The van der Waals surface area contributed by atoms with Crippen LogP contribution in [0.15, 0.2) is 47.5 Å². The number of rotatable bonds is 6. The largest absolute Gasteiger partial charge is 0.367 e. The monoisotopic (exact) mass is 405 g/mol. The zero-order chi connectivity index (χ0) is 19.7. The van der Waals surface area contributed by atoms with Gasteiger partial charge in [0.1, 0.15) is 22.6 Å². The third-order valence-electron chi connectivity index (χ3n) is 5.12. The topological polar surface area (TPSA) is 71.5 Å². The number of hydrogen-bond acceptors (Lipinski definition) is 5. The maximum absolute atomic E-state index is 13.2. The summed E-state index contributed by atoms with van der Waals surface area (Å²) >= 11 is 0. The van der Waals surface area contributed by atoms with Crippen molar-refractivity contribution in [2.45, 2.75) is 36.9 Å². The highest BCUT2D eigenvalue weighted by Crippen LogP contribution is 2.29. The molecule has 1 N–H and O–H groups in total. The van der Waals surface area contributed by atoms with E-state index in [1.165, 1.54) is 18.3 Å². The molecular formula is C20H24FN3O3S. The summed E-state index contributed by atoms with van der Waals surface area (Å²) < 4.78 is 46.5. The third-order valence-corrected chi connectivity index (χ3v) is 6.52. The average Bonchev–Trinajstić information content (AvgIpc) is 3.51. The highest BCUT2D eigenvalue weighted by Gasteiger charge is 2.28. The summed E-state index contributed by atoms with van der Waals surface area (Å²) in [7, 11) is -3.52. The summed E-state index contributed by atoms with van der Waals surface area (Å²) in [6.45, 7) is 3.68. The van der Waals surface area contributed by atoms with E-state index in [-0.39, 0.29) is 22.9 Å². The standard InChI is InChI=1S/C20H24FN3O3S/c1-14-12-24(13-19(27-14)16-4-6-17(21)7-5-16)20-9-8-18(11-22-20)28(25,26)23-10-15-2-3-15/h4-9,11,14-15,19,23H,2-3,10,12-13H2,1H3. The number of nitrogens with zero attached hydrogens (tertiary/aromatic N) is 2. The van der Waals surface area contributed by atoms with Gasteiger partial charge in [-0.05, 0) is 55.5 Å². The Morgan fingerprint density at radius 3 is 2.57 bits per heavy atom. The lowest BCUT2D eigenvalue weighted by Crippen LogP contribution is -2.43. The quantitative estimate of drug-likeness (QED) is 0.800. The number of morpholine rings is 1. The SMILES string of the molecule is CC1CN(c2ccc(S(=O)(=O)NCC3CC3)cn2)CC(c2ccc(F)cc2)O1. The van der Waals surface area contributed by atoms with Crippen LogP contribution >= 0.6 is 0 Å². The summed E-state index contributed by atoms with van der Waals surface area (Å²) in [6.07, 6.45) is 3.34. The van der Waals surface area contributed by atoms with Crippen LogP contribution in [0.1, 0.15) is 31.4 Å². The van der Waals surface area contributed by atoms with Crippen molar-refractivity contribution in [3.63, 3.8) is 0 Å². The Morgan fingerprint density at radius 1 is 1.18 bits per heavy atom. The van der Waals surface area contributed by atoms with Crippen LogP contribution in [-0.4, -0.2) is 39.1 Å². The van der Waals surface area contributed by atoms with E-state index in [1.54, 1.807) is 24.3 Å². The average molecular weight is 405 g/mol. The number of hydrogen-bond donors (Lipinski definition) is 1. The summed E-state index contributed by atoms with van der Waals surface area (Å²) in [5.74, 6) is 0.891. The third kappa shape index (κ3) is 4.51. The fourth-order valence-corrected chi connectivity index (χ4v) is 4.41. The van der Waals surface area contributed by atoms with Gasteiger partial charge in [-0.3, -0.25) is 0 Å². The van der Waals surface area contributed by atoms with Gasteiger partial charge in [0.05, 0.1) is 6.10 Å². The molecule has 1 aromatic carbocycles. The number of sulfonamides is 1. The number of anilines is 1. The minimum absolute atomic E-state index is 0.0331. The second-order valence-corrected chi connectivity index (χ2v) is 9.31. The van der Waals surface area contributed by atoms with E-state index >= 15 is 0 Å². The van der Waals surface area contributed by atoms with Gasteiger partial charge in [-0.1, -0.05) is 12.1 Å². The van der Waals surface area contributed by atoms with Crippen LogP contribution in [0.3, 0.4) is 0 Å². The van der Waals surface area contributed by atoms with Crippen LogP contribution < -0.4 is 9.62 Å². The summed E-state index contributed by atoms with van der Waals surface area (Å²) in [5.41, 5.74) is 0.904. The first kappa shape index (κ1) is 19.3. The van der Waals surface area contributed by atoms with Crippen molar-refractivity contribution < 1.29 is 17.5 Å². The Morgan fingerprint density at radius 2 is 1.93 bits per heavy atom. The first-order valence-corrected chi connectivity index (χ1v) is 11.0. The van der Waals surface area contributed by atoms with Gasteiger partial charge in [0, 0.05) is 25.8 Å². The maximum Gasteiger partial charge on any atom is 0.242 e. The van der Waals surface area contributed by atoms with E-state index in [2.05, 4.69) is 14.6 Å². The lowest BCUT2D eigenvalue weighted by Gasteiger charge is -2.37. The molecule has 8 heteroatoms. The molecule has 1 aromatic heterocycles. The van der Waals surface area contributed by atoms with E-state index in [4.69, 9.17) is 4.74 Å². The Balaban J connectivity index is 1.47. The molecule has 28 heavy (non-hydrogen) atoms. The van der Waals surface area contributed by atoms with Crippen LogP contribution in [0, 0.1) is 11.7 Å². The molecule has 2 aromatic rings. The zero-order valence-corrected chi connectivity index (χ0v) is 16.5. The van der Waals surface area contributed by atoms with E-state index < -0.39 is 10.0 Å². The van der Waals surface area contributed by atoms with Gasteiger partial charge in [-0.15, -0.1) is 0 Å². The van der Waals surface area contributed by atoms with Gasteiger partial charge in [-0.25, -0.2) is 22.5 Å². The highest BCUT2D eigenvalue weighted by atomic mass is 32.2. The molecule has 0 bridgehead atoms. The molecule has 1 saturated carbocycles. The molecule has 0 spiro atoms. The smallest absolute Gasteiger partial charge is 0.242 e. The minimum Gasteiger partial charge on any atom is -0.367 e. The van der Waals surface area contributed by atoms with Crippen LogP contribution in [0.4, 0.5) is 10.2 Å². The first-order valence-electron chi connectivity index (χ1n) is 9.52. The number of halogens is 1. The van der Waals surface area contributed by atoms with Crippen LogP contribution in [-0.2, 0) is 14.8 Å². The van der Waals surface area contributed by atoms with Gasteiger partial charge in [0.25, 0.3) is 0 Å². The van der Waals surface area contributed by atoms with E-state index in [1.807, 2.05) is 6.92 Å². The molecule has 1 aliphatic heterocycles. The van der Waals surface area contributed by atoms with Crippen LogP contribution in [0.25, 0.3) is 0 Å². The summed E-state index contributed by atoms with van der Waals surface area (Å²) in [6, 6.07) is 9.62. The molecule has 1 saturated heterocycles. The molecule has 2 heterocycles. The number of pyridine rings is 1. The lowest BCUT2D eigenvalue weighted by atomic mass is 10.1. The Bertz CT molecular complexity index is 915. The second-order valence-electron chi connectivity index (χ2n) is 7.54. The van der Waals surface area contributed by atoms with Crippen molar-refractivity contribution in [3.05, 3.63) is 54.0 Å². The van der Waals surface area contributed by atoms with Crippen molar-refractivity contribution in [2.75, 3.05) is 24.5 Å².